The topological polar surface area (TPSA) is 64.7 Å². The maximum Gasteiger partial charge on any atom is 0.419 e. The van der Waals surface area contributed by atoms with Crippen LogP contribution in [0.2, 0.25) is 0 Å². The van der Waals surface area contributed by atoms with Gasteiger partial charge in [0.05, 0.1) is 12.1 Å². The number of rotatable bonds is 6. The summed E-state index contributed by atoms with van der Waals surface area (Å²) in [7, 11) is 0. The first kappa shape index (κ1) is 18.3. The molecule has 0 unspecified atom stereocenters. The fraction of sp³-hybridized carbons (Fsp3) is 0.364. The van der Waals surface area contributed by atoms with Crippen LogP contribution in [-0.4, -0.2) is 35.1 Å². The third-order valence-electron chi connectivity index (χ3n) is 5.32. The Bertz CT molecular complexity index is 984. The lowest BCUT2D eigenvalue weighted by Gasteiger charge is -2.32. The fourth-order valence-electron chi connectivity index (χ4n) is 3.67. The molecule has 1 aromatic heterocycles. The Hall–Kier alpha value is -3.02. The van der Waals surface area contributed by atoms with Gasteiger partial charge in [0.2, 0.25) is 5.91 Å². The van der Waals surface area contributed by atoms with Gasteiger partial charge in [-0.3, -0.25) is 9.36 Å². The van der Waals surface area contributed by atoms with Crippen molar-refractivity contribution in [3.8, 4) is 5.75 Å². The van der Waals surface area contributed by atoms with Crippen molar-refractivity contribution >= 4 is 17.0 Å². The minimum Gasteiger partial charge on any atom is -0.493 e. The highest BCUT2D eigenvalue weighted by Gasteiger charge is 2.23. The van der Waals surface area contributed by atoms with Gasteiger partial charge in [-0.1, -0.05) is 30.3 Å². The van der Waals surface area contributed by atoms with Gasteiger partial charge in [0.15, 0.2) is 5.58 Å². The van der Waals surface area contributed by atoms with Gasteiger partial charge in [-0.05, 0) is 43.0 Å². The van der Waals surface area contributed by atoms with E-state index in [9.17, 15) is 9.59 Å². The molecular weight excluding hydrogens is 356 g/mol. The van der Waals surface area contributed by atoms with E-state index in [0.29, 0.717) is 31.1 Å². The number of benzene rings is 2. The summed E-state index contributed by atoms with van der Waals surface area (Å²) in [5.41, 5.74) is 1.29. The number of para-hydroxylation sites is 3. The van der Waals surface area contributed by atoms with Crippen LogP contribution in [0.25, 0.3) is 11.1 Å². The Labute approximate surface area is 163 Å². The maximum atomic E-state index is 12.6. The minimum absolute atomic E-state index is 0.0830. The van der Waals surface area contributed by atoms with Crippen LogP contribution in [0, 0.1) is 5.92 Å². The van der Waals surface area contributed by atoms with Crippen molar-refractivity contribution in [1.29, 1.82) is 0 Å². The van der Waals surface area contributed by atoms with Gasteiger partial charge >= 0.3 is 5.76 Å². The van der Waals surface area contributed by atoms with Crippen LogP contribution in [0.15, 0.2) is 63.8 Å². The van der Waals surface area contributed by atoms with Gasteiger partial charge in [-0.15, -0.1) is 0 Å². The third-order valence-corrected chi connectivity index (χ3v) is 5.32. The lowest BCUT2D eigenvalue weighted by atomic mass is 9.97. The molecule has 6 nitrogen and oxygen atoms in total. The molecule has 0 bridgehead atoms. The maximum absolute atomic E-state index is 12.6. The van der Waals surface area contributed by atoms with E-state index in [2.05, 4.69) is 0 Å². The third kappa shape index (κ3) is 4.11. The number of aromatic nitrogens is 1. The van der Waals surface area contributed by atoms with Crippen molar-refractivity contribution < 1.29 is 13.9 Å². The number of hydrogen-bond acceptors (Lipinski definition) is 4. The summed E-state index contributed by atoms with van der Waals surface area (Å²) in [4.78, 5) is 26.5. The second-order valence-electron chi connectivity index (χ2n) is 7.19. The molecule has 2 aromatic carbocycles. The van der Waals surface area contributed by atoms with E-state index in [0.717, 1.165) is 37.2 Å². The number of nitrogens with zero attached hydrogens (tertiary/aromatic N) is 2. The second-order valence-corrected chi connectivity index (χ2v) is 7.19. The van der Waals surface area contributed by atoms with Crippen molar-refractivity contribution in [2.75, 3.05) is 19.7 Å². The van der Waals surface area contributed by atoms with Gasteiger partial charge in [-0.2, -0.15) is 0 Å². The molecular formula is C22H24N2O4. The lowest BCUT2D eigenvalue weighted by molar-refractivity contribution is -0.133. The summed E-state index contributed by atoms with van der Waals surface area (Å²) < 4.78 is 12.6. The standard InChI is InChI=1S/C22H24N2O4/c25-21(12-15-24-19-8-4-5-9-20(19)28-22(24)26)23-13-10-17(11-14-23)16-27-18-6-2-1-3-7-18/h1-9,17H,10-16H2. The average molecular weight is 380 g/mol. The zero-order valence-electron chi connectivity index (χ0n) is 15.8. The normalized spacial score (nSPS) is 15.1. The van der Waals surface area contributed by atoms with Crippen molar-refractivity contribution in [2.45, 2.75) is 25.8 Å². The molecule has 0 spiro atoms. The molecule has 146 valence electrons. The first-order valence-corrected chi connectivity index (χ1v) is 9.75. The number of aryl methyl sites for hydroxylation is 1. The highest BCUT2D eigenvalue weighted by atomic mass is 16.5. The predicted molar refractivity (Wildman–Crippen MR) is 106 cm³/mol. The van der Waals surface area contributed by atoms with Gasteiger partial charge in [-0.25, -0.2) is 4.79 Å². The Balaban J connectivity index is 1.26. The molecule has 0 saturated carbocycles. The van der Waals surface area contributed by atoms with E-state index >= 15 is 0 Å². The molecule has 28 heavy (non-hydrogen) atoms. The largest absolute Gasteiger partial charge is 0.493 e. The summed E-state index contributed by atoms with van der Waals surface area (Å²) in [6.07, 6.45) is 2.18. The molecule has 1 fully saturated rings. The molecule has 0 radical (unpaired) electrons. The molecule has 0 aliphatic carbocycles. The number of oxazole rings is 1. The van der Waals surface area contributed by atoms with Crippen LogP contribution in [0.5, 0.6) is 5.75 Å². The van der Waals surface area contributed by atoms with Crippen molar-refractivity contribution in [3.05, 3.63) is 65.1 Å². The van der Waals surface area contributed by atoms with E-state index in [1.807, 2.05) is 53.4 Å². The number of likely N-dealkylation sites (tertiary alicyclic amines) is 1. The Morgan fingerprint density at radius 1 is 1.04 bits per heavy atom. The molecule has 3 aromatic rings. The van der Waals surface area contributed by atoms with E-state index in [4.69, 9.17) is 9.15 Å². The monoisotopic (exact) mass is 380 g/mol. The van der Waals surface area contributed by atoms with Crippen LogP contribution >= 0.6 is 0 Å². The summed E-state index contributed by atoms with van der Waals surface area (Å²) in [6, 6.07) is 17.1. The summed E-state index contributed by atoms with van der Waals surface area (Å²) >= 11 is 0. The second kappa shape index (κ2) is 8.33. The molecule has 6 heteroatoms. The quantitative estimate of drug-likeness (QED) is 0.658. The average Bonchev–Trinajstić information content (AvgIpc) is 3.06. The van der Waals surface area contributed by atoms with E-state index in [1.165, 1.54) is 4.57 Å². The highest BCUT2D eigenvalue weighted by Crippen LogP contribution is 2.20. The van der Waals surface area contributed by atoms with Crippen LogP contribution in [0.1, 0.15) is 19.3 Å². The lowest BCUT2D eigenvalue weighted by Crippen LogP contribution is -2.40. The van der Waals surface area contributed by atoms with Crippen molar-refractivity contribution in [1.82, 2.24) is 9.47 Å². The molecule has 1 aliphatic rings. The number of ether oxygens (including phenoxy) is 1. The Morgan fingerprint density at radius 2 is 1.75 bits per heavy atom. The molecule has 1 saturated heterocycles. The van der Waals surface area contributed by atoms with Crippen LogP contribution in [-0.2, 0) is 11.3 Å². The minimum atomic E-state index is -0.411. The van der Waals surface area contributed by atoms with Gasteiger partial charge in [0, 0.05) is 26.1 Å². The zero-order valence-corrected chi connectivity index (χ0v) is 15.8. The Kier molecular flexibility index (Phi) is 5.46. The van der Waals surface area contributed by atoms with Gasteiger partial charge < -0.3 is 14.1 Å². The predicted octanol–water partition coefficient (Wildman–Crippen LogP) is 3.30. The first-order valence-electron chi connectivity index (χ1n) is 9.75. The fourth-order valence-corrected chi connectivity index (χ4v) is 3.67. The van der Waals surface area contributed by atoms with Crippen molar-refractivity contribution in [2.24, 2.45) is 5.92 Å². The number of hydrogen-bond donors (Lipinski definition) is 0. The summed E-state index contributed by atoms with van der Waals surface area (Å²) in [6.45, 7) is 2.50. The Morgan fingerprint density at radius 3 is 2.54 bits per heavy atom. The van der Waals surface area contributed by atoms with E-state index < -0.39 is 5.76 Å². The number of fused-ring (bicyclic) bond motifs is 1. The van der Waals surface area contributed by atoms with Crippen LogP contribution < -0.4 is 10.5 Å². The molecule has 0 atom stereocenters. The number of carbonyl (C=O) groups is 1. The van der Waals surface area contributed by atoms with Crippen molar-refractivity contribution in [3.63, 3.8) is 0 Å². The van der Waals surface area contributed by atoms with Crippen LogP contribution in [0.3, 0.4) is 0 Å². The van der Waals surface area contributed by atoms with Crippen LogP contribution in [0.4, 0.5) is 0 Å². The smallest absolute Gasteiger partial charge is 0.419 e. The highest BCUT2D eigenvalue weighted by molar-refractivity contribution is 5.77. The first-order chi connectivity index (χ1) is 13.7. The molecule has 1 amide bonds. The molecule has 2 heterocycles. The van der Waals surface area contributed by atoms with E-state index in [1.54, 1.807) is 6.07 Å². The number of piperidine rings is 1. The zero-order chi connectivity index (χ0) is 19.3. The SMILES string of the molecule is O=C(CCn1c(=O)oc2ccccc21)N1CCC(COc2ccccc2)CC1. The molecule has 0 N–H and O–H groups in total. The van der Waals surface area contributed by atoms with Gasteiger partial charge in [0.25, 0.3) is 0 Å². The van der Waals surface area contributed by atoms with Gasteiger partial charge in [0.1, 0.15) is 5.75 Å². The summed E-state index contributed by atoms with van der Waals surface area (Å²) in [5, 5.41) is 0. The number of carbonyl (C=O) groups excluding carboxylic acids is 1. The molecule has 4 rings (SSSR count). The number of amides is 1. The molecule has 1 aliphatic heterocycles. The summed E-state index contributed by atoms with van der Waals surface area (Å²) in [5.74, 6) is 1.02. The van der Waals surface area contributed by atoms with E-state index in [-0.39, 0.29) is 5.91 Å².